The fourth-order valence-electron chi connectivity index (χ4n) is 2.15. The van der Waals surface area contributed by atoms with Crippen LogP contribution in [-0.2, 0) is 0 Å². The van der Waals surface area contributed by atoms with E-state index in [2.05, 4.69) is 27.4 Å². The molecule has 1 aromatic rings. The highest BCUT2D eigenvalue weighted by atomic mass is 19.1. The van der Waals surface area contributed by atoms with Gasteiger partial charge in [-0.15, -0.1) is 0 Å². The second-order valence-corrected chi connectivity index (χ2v) is 5.92. The van der Waals surface area contributed by atoms with Gasteiger partial charge in [0.2, 0.25) is 5.96 Å². The summed E-state index contributed by atoms with van der Waals surface area (Å²) in [4.78, 5) is 6.67. The summed E-state index contributed by atoms with van der Waals surface area (Å²) < 4.78 is 13.2. The second kappa shape index (κ2) is 6.89. The fourth-order valence-corrected chi connectivity index (χ4v) is 2.15. The van der Waals surface area contributed by atoms with Crippen LogP contribution in [-0.4, -0.2) is 36.7 Å². The van der Waals surface area contributed by atoms with E-state index in [0.29, 0.717) is 17.7 Å². The van der Waals surface area contributed by atoms with Crippen molar-refractivity contribution < 1.29 is 4.39 Å². The molecule has 1 aromatic carbocycles. The maximum absolute atomic E-state index is 13.2. The molecule has 0 spiro atoms. The first-order valence-corrected chi connectivity index (χ1v) is 7.40. The summed E-state index contributed by atoms with van der Waals surface area (Å²) in [6, 6.07) is 6.66. The number of guanidine groups is 1. The molecule has 2 rings (SSSR count). The van der Waals surface area contributed by atoms with Crippen LogP contribution in [0.5, 0.6) is 0 Å². The van der Waals surface area contributed by atoms with Crippen molar-refractivity contribution >= 4 is 11.6 Å². The average Bonchev–Trinajstić information content (AvgIpc) is 2.45. The summed E-state index contributed by atoms with van der Waals surface area (Å²) in [6.07, 6.45) is 5.30. The van der Waals surface area contributed by atoms with E-state index in [9.17, 15) is 4.39 Å². The molecule has 2 unspecified atom stereocenters. The van der Waals surface area contributed by atoms with Crippen molar-refractivity contribution in [2.75, 3.05) is 19.4 Å². The molecule has 2 atom stereocenters. The summed E-state index contributed by atoms with van der Waals surface area (Å²) >= 11 is 0. The molecule has 1 aliphatic rings. The van der Waals surface area contributed by atoms with Crippen LogP contribution in [0, 0.1) is 5.82 Å². The minimum absolute atomic E-state index is 0.296. The van der Waals surface area contributed by atoms with Crippen molar-refractivity contribution in [2.45, 2.75) is 31.5 Å². The van der Waals surface area contributed by atoms with Crippen LogP contribution >= 0.6 is 0 Å². The van der Waals surface area contributed by atoms with Gasteiger partial charge >= 0.3 is 0 Å². The van der Waals surface area contributed by atoms with Crippen LogP contribution in [0.1, 0.15) is 19.8 Å². The Balaban J connectivity index is 2.02. The standard InChI is InChI=1S/C16H24FN5/c1-12(22(2)3)7-8-16(18)9-10-19-15(21-16)20-14-6-4-5-13(17)11-14/h4-6,9-12H,7-8,18H2,1-3H3,(H2,19,20,21). The molecule has 0 saturated carbocycles. The van der Waals surface area contributed by atoms with Crippen molar-refractivity contribution in [2.24, 2.45) is 10.7 Å². The van der Waals surface area contributed by atoms with Crippen molar-refractivity contribution in [3.05, 3.63) is 42.4 Å². The lowest BCUT2D eigenvalue weighted by atomic mass is 10.0. The molecule has 0 bridgehead atoms. The maximum Gasteiger partial charge on any atom is 0.202 e. The Bertz CT molecular complexity index is 569. The summed E-state index contributed by atoms with van der Waals surface area (Å²) in [5, 5.41) is 6.04. The minimum Gasteiger partial charge on any atom is -0.333 e. The van der Waals surface area contributed by atoms with E-state index >= 15 is 0 Å². The summed E-state index contributed by atoms with van der Waals surface area (Å²) in [5.41, 5.74) is 6.22. The zero-order valence-electron chi connectivity index (χ0n) is 13.3. The largest absolute Gasteiger partial charge is 0.333 e. The predicted octanol–water partition coefficient (Wildman–Crippen LogP) is 2.10. The van der Waals surface area contributed by atoms with Gasteiger partial charge in [0, 0.05) is 17.9 Å². The lowest BCUT2D eigenvalue weighted by Crippen LogP contribution is -2.44. The fraction of sp³-hybridized carbons (Fsp3) is 0.438. The molecular formula is C16H24FN5. The third-order valence-electron chi connectivity index (χ3n) is 3.84. The van der Waals surface area contributed by atoms with Gasteiger partial charge in [-0.05, 0) is 58.1 Å². The topological polar surface area (TPSA) is 65.7 Å². The number of nitrogens with zero attached hydrogens (tertiary/aromatic N) is 2. The first-order chi connectivity index (χ1) is 10.4. The Morgan fingerprint density at radius 1 is 1.45 bits per heavy atom. The average molecular weight is 305 g/mol. The Hall–Kier alpha value is -1.92. The predicted molar refractivity (Wildman–Crippen MR) is 89.0 cm³/mol. The van der Waals surface area contributed by atoms with Gasteiger partial charge in [0.1, 0.15) is 11.5 Å². The van der Waals surface area contributed by atoms with Crippen molar-refractivity contribution in [1.82, 2.24) is 10.2 Å². The van der Waals surface area contributed by atoms with Crippen LogP contribution in [0.4, 0.5) is 10.1 Å². The van der Waals surface area contributed by atoms with Gasteiger partial charge in [-0.3, -0.25) is 0 Å². The number of hydrogen-bond donors (Lipinski definition) is 3. The number of anilines is 1. The van der Waals surface area contributed by atoms with Crippen molar-refractivity contribution in [3.63, 3.8) is 0 Å². The number of nitrogens with one attached hydrogen (secondary N) is 2. The normalized spacial score (nSPS) is 22.2. The zero-order valence-corrected chi connectivity index (χ0v) is 13.3. The highest BCUT2D eigenvalue weighted by Gasteiger charge is 2.25. The van der Waals surface area contributed by atoms with Crippen LogP contribution in [0.3, 0.4) is 0 Å². The van der Waals surface area contributed by atoms with E-state index in [-0.39, 0.29) is 5.82 Å². The summed E-state index contributed by atoms with van der Waals surface area (Å²) in [5.74, 6) is 0.226. The molecule has 0 aromatic heterocycles. The molecule has 120 valence electrons. The Morgan fingerprint density at radius 3 is 2.91 bits per heavy atom. The van der Waals surface area contributed by atoms with Crippen LogP contribution < -0.4 is 16.4 Å². The van der Waals surface area contributed by atoms with E-state index in [1.807, 2.05) is 20.2 Å². The molecule has 0 fully saturated rings. The highest BCUT2D eigenvalue weighted by molar-refractivity contribution is 5.95. The van der Waals surface area contributed by atoms with Crippen molar-refractivity contribution in [1.29, 1.82) is 0 Å². The third kappa shape index (κ3) is 4.54. The molecule has 0 aliphatic carbocycles. The van der Waals surface area contributed by atoms with E-state index in [0.717, 1.165) is 12.8 Å². The minimum atomic E-state index is -0.745. The molecule has 1 aliphatic heterocycles. The van der Waals surface area contributed by atoms with E-state index in [1.165, 1.54) is 12.1 Å². The Labute approximate surface area is 131 Å². The Morgan fingerprint density at radius 2 is 2.23 bits per heavy atom. The van der Waals surface area contributed by atoms with E-state index in [1.54, 1.807) is 18.3 Å². The lowest BCUT2D eigenvalue weighted by molar-refractivity contribution is 0.278. The van der Waals surface area contributed by atoms with Gasteiger partial charge in [-0.1, -0.05) is 6.07 Å². The van der Waals surface area contributed by atoms with Gasteiger partial charge in [0.05, 0.1) is 0 Å². The summed E-state index contributed by atoms with van der Waals surface area (Å²) in [6.45, 7) is 2.16. The molecule has 22 heavy (non-hydrogen) atoms. The first kappa shape index (κ1) is 16.5. The second-order valence-electron chi connectivity index (χ2n) is 5.92. The quantitative estimate of drug-likeness (QED) is 0.779. The number of hydrogen-bond acceptors (Lipinski definition) is 5. The van der Waals surface area contributed by atoms with Gasteiger partial charge < -0.3 is 21.3 Å². The monoisotopic (exact) mass is 305 g/mol. The lowest BCUT2D eigenvalue weighted by Gasteiger charge is -2.29. The first-order valence-electron chi connectivity index (χ1n) is 7.40. The molecule has 0 saturated heterocycles. The van der Waals surface area contributed by atoms with Gasteiger partial charge in [-0.2, -0.15) is 0 Å². The maximum atomic E-state index is 13.2. The zero-order chi connectivity index (χ0) is 16.2. The number of rotatable bonds is 5. The van der Waals surface area contributed by atoms with Crippen LogP contribution in [0.25, 0.3) is 0 Å². The molecule has 4 N–H and O–H groups in total. The SMILES string of the molecule is CC(CCC1(N)C=CNC(Nc2cccc(F)c2)=N1)N(C)C. The van der Waals surface area contributed by atoms with Crippen LogP contribution in [0.2, 0.25) is 0 Å². The molecule has 0 amide bonds. The number of benzene rings is 1. The number of halogens is 1. The molecule has 1 heterocycles. The molecular weight excluding hydrogens is 281 g/mol. The van der Waals surface area contributed by atoms with E-state index < -0.39 is 5.66 Å². The number of aliphatic imine (C=N–C) groups is 1. The number of nitrogens with two attached hydrogens (primary N) is 1. The van der Waals surface area contributed by atoms with E-state index in [4.69, 9.17) is 5.73 Å². The Kier molecular flexibility index (Phi) is 5.15. The van der Waals surface area contributed by atoms with Crippen LogP contribution in [0.15, 0.2) is 41.5 Å². The summed E-state index contributed by atoms with van der Waals surface area (Å²) in [7, 11) is 4.10. The molecule has 0 radical (unpaired) electrons. The van der Waals surface area contributed by atoms with Gasteiger partial charge in [0.15, 0.2) is 0 Å². The molecule has 5 nitrogen and oxygen atoms in total. The molecule has 6 heteroatoms. The van der Waals surface area contributed by atoms with Gasteiger partial charge in [0.25, 0.3) is 0 Å². The van der Waals surface area contributed by atoms with Crippen molar-refractivity contribution in [3.8, 4) is 0 Å². The smallest absolute Gasteiger partial charge is 0.202 e. The highest BCUT2D eigenvalue weighted by Crippen LogP contribution is 2.19. The third-order valence-corrected chi connectivity index (χ3v) is 3.84. The van der Waals surface area contributed by atoms with Gasteiger partial charge in [-0.25, -0.2) is 9.38 Å².